The molecule has 184 valence electrons. The van der Waals surface area contributed by atoms with Crippen molar-refractivity contribution in [1.82, 2.24) is 0 Å². The molecule has 3 aromatic carbocycles. The van der Waals surface area contributed by atoms with Gasteiger partial charge in [0.1, 0.15) is 11.6 Å². The minimum atomic E-state index is -4.03. The number of anilines is 1. The molecule has 0 aromatic heterocycles. The summed E-state index contributed by atoms with van der Waals surface area (Å²) in [5.41, 5.74) is 3.58. The van der Waals surface area contributed by atoms with Crippen molar-refractivity contribution in [3.8, 4) is 5.75 Å². The van der Waals surface area contributed by atoms with Gasteiger partial charge in [-0.05, 0) is 67.3 Å². The Labute approximate surface area is 210 Å². The van der Waals surface area contributed by atoms with Gasteiger partial charge in [0.25, 0.3) is 10.0 Å². The molecule has 1 heterocycles. The highest BCUT2D eigenvalue weighted by atomic mass is 35.5. The Hall–Kier alpha value is -2.87. The molecule has 3 aromatic rings. The molecular formula is C27H27ClFNO4S. The van der Waals surface area contributed by atoms with Crippen LogP contribution in [0.4, 0.5) is 10.1 Å². The van der Waals surface area contributed by atoms with Crippen LogP contribution < -0.4 is 9.04 Å². The van der Waals surface area contributed by atoms with Crippen molar-refractivity contribution in [3.63, 3.8) is 0 Å². The van der Waals surface area contributed by atoms with Crippen molar-refractivity contribution in [2.75, 3.05) is 11.4 Å². The summed E-state index contributed by atoms with van der Waals surface area (Å²) in [6, 6.07) is 13.9. The molecule has 35 heavy (non-hydrogen) atoms. The molecule has 0 saturated heterocycles. The summed E-state index contributed by atoms with van der Waals surface area (Å²) in [6.07, 6.45) is 1.21. The molecule has 0 saturated carbocycles. The average molecular weight is 516 g/mol. The number of halogens is 2. The number of sulfonamides is 1. The van der Waals surface area contributed by atoms with Crippen molar-refractivity contribution < 1.29 is 22.7 Å². The summed E-state index contributed by atoms with van der Waals surface area (Å²) in [7, 11) is -2.54. The quantitative estimate of drug-likeness (QED) is 0.432. The maximum atomic E-state index is 14.4. The second-order valence-corrected chi connectivity index (χ2v) is 11.0. The molecule has 0 unspecified atom stereocenters. The SMILES string of the molecule is COc1cc(S(=O)(=O)N2c3cc(/C=C(\C)c4c(F)cccc4Cl)ccc3C[C@H](O)[C@H]2C)ccc1C. The van der Waals surface area contributed by atoms with E-state index in [4.69, 9.17) is 16.3 Å². The number of aryl methyl sites for hydroxylation is 1. The molecule has 1 N–H and O–H groups in total. The van der Waals surface area contributed by atoms with Crippen LogP contribution in [-0.2, 0) is 16.4 Å². The molecule has 0 radical (unpaired) electrons. The van der Waals surface area contributed by atoms with Crippen molar-refractivity contribution in [2.45, 2.75) is 44.2 Å². The number of aliphatic hydroxyl groups excluding tert-OH is 1. The van der Waals surface area contributed by atoms with Crippen LogP contribution in [0.15, 0.2) is 59.5 Å². The van der Waals surface area contributed by atoms with E-state index in [1.165, 1.54) is 29.6 Å². The summed E-state index contributed by atoms with van der Waals surface area (Å²) in [5, 5.41) is 11.0. The number of benzene rings is 3. The van der Waals surface area contributed by atoms with Gasteiger partial charge in [-0.2, -0.15) is 0 Å². The largest absolute Gasteiger partial charge is 0.496 e. The highest BCUT2D eigenvalue weighted by Crippen LogP contribution is 2.38. The van der Waals surface area contributed by atoms with Crippen LogP contribution >= 0.6 is 11.6 Å². The van der Waals surface area contributed by atoms with E-state index in [0.717, 1.165) is 5.56 Å². The Bertz CT molecular complexity index is 1400. The fraction of sp³-hybridized carbons (Fsp3) is 0.259. The number of ether oxygens (including phenoxy) is 1. The summed E-state index contributed by atoms with van der Waals surface area (Å²) in [5.74, 6) is 0.0315. The second-order valence-electron chi connectivity index (χ2n) is 8.76. The van der Waals surface area contributed by atoms with Crippen LogP contribution in [0, 0.1) is 12.7 Å². The zero-order valence-corrected chi connectivity index (χ0v) is 21.5. The first kappa shape index (κ1) is 25.2. The lowest BCUT2D eigenvalue weighted by molar-refractivity contribution is 0.147. The third-order valence-corrected chi connectivity index (χ3v) is 8.59. The third kappa shape index (κ3) is 4.68. The predicted octanol–water partition coefficient (Wildman–Crippen LogP) is 5.86. The standard InChI is InChI=1S/C27H27ClFNO4S/c1-16-8-11-21(15-26(16)34-4)35(32,33)30-18(3)25(31)14-20-10-9-19(13-24(20)30)12-17(2)27-22(28)6-5-7-23(27)29/h5-13,15,18,25,31H,14H2,1-4H3/b17-12+/t18-,25+/m1/s1. The van der Waals surface area contributed by atoms with E-state index in [2.05, 4.69) is 0 Å². The molecule has 1 aliphatic heterocycles. The number of rotatable bonds is 5. The number of methoxy groups -OCH3 is 1. The van der Waals surface area contributed by atoms with Crippen LogP contribution in [0.5, 0.6) is 5.75 Å². The molecule has 8 heteroatoms. The molecule has 0 aliphatic carbocycles. The van der Waals surface area contributed by atoms with Gasteiger partial charge in [0, 0.05) is 18.1 Å². The van der Waals surface area contributed by atoms with Crippen molar-refractivity contribution >= 4 is 39.0 Å². The van der Waals surface area contributed by atoms with Gasteiger partial charge < -0.3 is 9.84 Å². The van der Waals surface area contributed by atoms with Crippen LogP contribution in [0.25, 0.3) is 11.6 Å². The minimum absolute atomic E-state index is 0.0714. The van der Waals surface area contributed by atoms with Gasteiger partial charge in [-0.15, -0.1) is 0 Å². The first-order valence-electron chi connectivity index (χ1n) is 11.2. The summed E-state index contributed by atoms with van der Waals surface area (Å²) >= 11 is 6.22. The Morgan fingerprint density at radius 2 is 1.94 bits per heavy atom. The monoisotopic (exact) mass is 515 g/mol. The Balaban J connectivity index is 1.83. The van der Waals surface area contributed by atoms with Gasteiger partial charge >= 0.3 is 0 Å². The van der Waals surface area contributed by atoms with E-state index in [1.807, 2.05) is 13.0 Å². The molecule has 0 amide bonds. The fourth-order valence-electron chi connectivity index (χ4n) is 4.44. The fourth-order valence-corrected chi connectivity index (χ4v) is 6.48. The molecule has 2 atom stereocenters. The molecule has 5 nitrogen and oxygen atoms in total. The van der Waals surface area contributed by atoms with E-state index in [0.29, 0.717) is 45.1 Å². The molecule has 0 fully saturated rings. The maximum absolute atomic E-state index is 14.4. The normalized spacial score (nSPS) is 18.4. The number of fused-ring (bicyclic) bond motifs is 1. The summed E-state index contributed by atoms with van der Waals surface area (Å²) in [4.78, 5) is 0.0714. The molecule has 0 bridgehead atoms. The van der Waals surface area contributed by atoms with Gasteiger partial charge in [0.15, 0.2) is 0 Å². The van der Waals surface area contributed by atoms with E-state index in [9.17, 15) is 17.9 Å². The van der Waals surface area contributed by atoms with Crippen LogP contribution in [-0.4, -0.2) is 32.8 Å². The molecular weight excluding hydrogens is 489 g/mol. The topological polar surface area (TPSA) is 66.8 Å². The van der Waals surface area contributed by atoms with Gasteiger partial charge in [-0.3, -0.25) is 4.31 Å². The first-order valence-corrected chi connectivity index (χ1v) is 13.0. The third-order valence-electron chi connectivity index (χ3n) is 6.38. The molecule has 4 rings (SSSR count). The lowest BCUT2D eigenvalue weighted by Gasteiger charge is -2.39. The molecule has 0 spiro atoms. The van der Waals surface area contributed by atoms with Gasteiger partial charge in [-0.25, -0.2) is 12.8 Å². The number of hydrogen-bond acceptors (Lipinski definition) is 4. The maximum Gasteiger partial charge on any atom is 0.264 e. The zero-order valence-electron chi connectivity index (χ0n) is 19.9. The smallest absolute Gasteiger partial charge is 0.264 e. The van der Waals surface area contributed by atoms with Crippen molar-refractivity contribution in [1.29, 1.82) is 0 Å². The number of aliphatic hydroxyl groups is 1. The number of hydrogen-bond donors (Lipinski definition) is 1. The first-order chi connectivity index (χ1) is 16.5. The van der Waals surface area contributed by atoms with E-state index < -0.39 is 28.0 Å². The second kappa shape index (κ2) is 9.64. The lowest BCUT2D eigenvalue weighted by Crippen LogP contribution is -2.49. The number of allylic oxidation sites excluding steroid dienone is 1. The van der Waals surface area contributed by atoms with Gasteiger partial charge in [0.05, 0.1) is 34.9 Å². The highest BCUT2D eigenvalue weighted by Gasteiger charge is 2.38. The van der Waals surface area contributed by atoms with Crippen LogP contribution in [0.2, 0.25) is 5.02 Å². The zero-order chi connectivity index (χ0) is 25.5. The van der Waals surface area contributed by atoms with Gasteiger partial charge in [0.2, 0.25) is 0 Å². The Morgan fingerprint density at radius 1 is 1.20 bits per heavy atom. The van der Waals surface area contributed by atoms with E-state index in [-0.39, 0.29) is 4.90 Å². The lowest BCUT2D eigenvalue weighted by atomic mass is 9.94. The molecule has 1 aliphatic rings. The van der Waals surface area contributed by atoms with E-state index in [1.54, 1.807) is 50.3 Å². The Morgan fingerprint density at radius 3 is 2.63 bits per heavy atom. The van der Waals surface area contributed by atoms with E-state index >= 15 is 0 Å². The summed E-state index contributed by atoms with van der Waals surface area (Å²) < 4.78 is 48.6. The minimum Gasteiger partial charge on any atom is -0.496 e. The number of nitrogens with zero attached hydrogens (tertiary/aromatic N) is 1. The predicted molar refractivity (Wildman–Crippen MR) is 138 cm³/mol. The Kier molecular flexibility index (Phi) is 6.95. The highest BCUT2D eigenvalue weighted by molar-refractivity contribution is 7.92. The average Bonchev–Trinajstić information content (AvgIpc) is 2.80. The summed E-state index contributed by atoms with van der Waals surface area (Å²) in [6.45, 7) is 5.27. The van der Waals surface area contributed by atoms with Gasteiger partial charge in [-0.1, -0.05) is 41.9 Å². The van der Waals surface area contributed by atoms with Crippen molar-refractivity contribution in [2.24, 2.45) is 0 Å². The van der Waals surface area contributed by atoms with Crippen molar-refractivity contribution in [3.05, 3.63) is 87.7 Å². The van der Waals surface area contributed by atoms with Crippen LogP contribution in [0.1, 0.15) is 36.1 Å². The van der Waals surface area contributed by atoms with Crippen LogP contribution in [0.3, 0.4) is 0 Å².